The largest absolute Gasteiger partial charge is 0.497 e. The van der Waals surface area contributed by atoms with Crippen molar-refractivity contribution in [1.29, 1.82) is 0 Å². The fraction of sp³-hybridized carbons (Fsp3) is 0.182. The fourth-order valence-electron chi connectivity index (χ4n) is 2.84. The zero-order valence-electron chi connectivity index (χ0n) is 16.9. The summed E-state index contributed by atoms with van der Waals surface area (Å²) < 4.78 is 12.6. The summed E-state index contributed by atoms with van der Waals surface area (Å²) in [6.45, 7) is 1.18. The molecule has 158 valence electrons. The van der Waals surface area contributed by atoms with Gasteiger partial charge < -0.3 is 14.5 Å². The van der Waals surface area contributed by atoms with E-state index in [1.54, 1.807) is 13.3 Å². The normalized spacial score (nSPS) is 10.7. The first kappa shape index (κ1) is 20.7. The summed E-state index contributed by atoms with van der Waals surface area (Å²) in [6.07, 6.45) is 3.69. The van der Waals surface area contributed by atoms with Gasteiger partial charge in [0.05, 0.1) is 19.4 Å². The molecule has 2 aromatic carbocycles. The maximum atomic E-state index is 12.2. The summed E-state index contributed by atoms with van der Waals surface area (Å²) in [7, 11) is 1.61. The summed E-state index contributed by atoms with van der Waals surface area (Å²) in [6, 6.07) is 17.3. The van der Waals surface area contributed by atoms with Crippen LogP contribution in [0.2, 0.25) is 0 Å². The highest BCUT2D eigenvalue weighted by atomic mass is 32.2. The molecule has 2 heterocycles. The molecule has 0 atom stereocenters. The van der Waals surface area contributed by atoms with Gasteiger partial charge in [-0.3, -0.25) is 9.48 Å². The number of ether oxygens (including phenoxy) is 1. The number of thioether (sulfide) groups is 1. The minimum Gasteiger partial charge on any atom is -0.497 e. The molecule has 4 rings (SSSR count). The molecule has 0 aliphatic carbocycles. The van der Waals surface area contributed by atoms with Crippen LogP contribution in [0, 0.1) is 0 Å². The van der Waals surface area contributed by atoms with E-state index in [9.17, 15) is 4.79 Å². The van der Waals surface area contributed by atoms with Crippen molar-refractivity contribution in [2.45, 2.75) is 18.3 Å². The van der Waals surface area contributed by atoms with E-state index in [0.717, 1.165) is 29.0 Å². The second-order valence-electron chi connectivity index (χ2n) is 6.69. The lowest BCUT2D eigenvalue weighted by Gasteiger charge is -2.06. The van der Waals surface area contributed by atoms with Crippen LogP contribution < -0.4 is 10.1 Å². The third kappa shape index (κ3) is 5.73. The van der Waals surface area contributed by atoms with E-state index in [-0.39, 0.29) is 11.7 Å². The van der Waals surface area contributed by atoms with Crippen molar-refractivity contribution < 1.29 is 13.9 Å². The van der Waals surface area contributed by atoms with Gasteiger partial charge in [0.2, 0.25) is 11.8 Å². The number of nitrogens with zero attached hydrogens (tertiary/aromatic N) is 4. The molecule has 0 unspecified atom stereocenters. The molecule has 1 amide bonds. The van der Waals surface area contributed by atoms with Gasteiger partial charge in [-0.2, -0.15) is 5.10 Å². The van der Waals surface area contributed by atoms with Crippen LogP contribution in [0.1, 0.15) is 11.1 Å². The first-order chi connectivity index (χ1) is 15.2. The topological polar surface area (TPSA) is 95.1 Å². The van der Waals surface area contributed by atoms with Gasteiger partial charge in [-0.25, -0.2) is 0 Å². The average Bonchev–Trinajstić information content (AvgIpc) is 3.49. The number of amides is 1. The smallest absolute Gasteiger partial charge is 0.277 e. The molecular weight excluding hydrogens is 414 g/mol. The summed E-state index contributed by atoms with van der Waals surface area (Å²) in [5, 5.41) is 15.5. The molecule has 0 bridgehead atoms. The van der Waals surface area contributed by atoms with Crippen LogP contribution in [0.4, 0.5) is 0 Å². The Labute approximate surface area is 183 Å². The van der Waals surface area contributed by atoms with Crippen LogP contribution >= 0.6 is 11.8 Å². The molecule has 0 radical (unpaired) electrons. The third-order valence-electron chi connectivity index (χ3n) is 4.49. The lowest BCUT2D eigenvalue weighted by molar-refractivity contribution is -0.118. The van der Waals surface area contributed by atoms with Crippen LogP contribution in [0.5, 0.6) is 5.75 Å². The number of carbonyl (C=O) groups is 1. The Hall–Kier alpha value is -3.59. The van der Waals surface area contributed by atoms with Gasteiger partial charge in [0.15, 0.2) is 0 Å². The van der Waals surface area contributed by atoms with Crippen molar-refractivity contribution in [2.24, 2.45) is 0 Å². The number of nitrogens with one attached hydrogen (secondary N) is 1. The van der Waals surface area contributed by atoms with Crippen LogP contribution in [0.3, 0.4) is 0 Å². The van der Waals surface area contributed by atoms with E-state index < -0.39 is 0 Å². The van der Waals surface area contributed by atoms with Gasteiger partial charge in [0.25, 0.3) is 5.22 Å². The number of methoxy groups -OCH3 is 1. The van der Waals surface area contributed by atoms with Gasteiger partial charge >= 0.3 is 0 Å². The van der Waals surface area contributed by atoms with E-state index in [0.29, 0.717) is 17.7 Å². The first-order valence-corrected chi connectivity index (χ1v) is 10.6. The number of aromatic nitrogens is 4. The monoisotopic (exact) mass is 435 g/mol. The number of rotatable bonds is 9. The highest BCUT2D eigenvalue weighted by molar-refractivity contribution is 7.99. The quantitative estimate of drug-likeness (QED) is 0.403. The number of carbonyl (C=O) groups excluding carboxylic acids is 1. The first-order valence-electron chi connectivity index (χ1n) is 9.62. The van der Waals surface area contributed by atoms with E-state index in [4.69, 9.17) is 9.15 Å². The molecule has 0 saturated heterocycles. The number of benzene rings is 2. The summed E-state index contributed by atoms with van der Waals surface area (Å²) in [5.74, 6) is 1.25. The molecule has 0 aliphatic rings. The Morgan fingerprint density at radius 1 is 1.10 bits per heavy atom. The predicted molar refractivity (Wildman–Crippen MR) is 117 cm³/mol. The van der Waals surface area contributed by atoms with Gasteiger partial charge in [0, 0.05) is 24.5 Å². The van der Waals surface area contributed by atoms with E-state index >= 15 is 0 Å². The molecule has 4 aromatic rings. The van der Waals surface area contributed by atoms with Crippen molar-refractivity contribution in [2.75, 3.05) is 12.9 Å². The number of hydrogen-bond acceptors (Lipinski definition) is 7. The summed E-state index contributed by atoms with van der Waals surface area (Å²) >= 11 is 1.20. The van der Waals surface area contributed by atoms with Gasteiger partial charge in [-0.1, -0.05) is 36.0 Å². The molecule has 8 nitrogen and oxygen atoms in total. The Kier molecular flexibility index (Phi) is 6.63. The lowest BCUT2D eigenvalue weighted by Crippen LogP contribution is -2.24. The second-order valence-corrected chi connectivity index (χ2v) is 7.61. The zero-order chi connectivity index (χ0) is 21.5. The van der Waals surface area contributed by atoms with Gasteiger partial charge in [-0.05, 0) is 41.5 Å². The second kappa shape index (κ2) is 9.94. The SMILES string of the molecule is COc1ccc(-c2nnc(SCC(=O)NCc3ccc(Cn4cccn4)cc3)o2)cc1. The van der Waals surface area contributed by atoms with Crippen molar-refractivity contribution in [3.63, 3.8) is 0 Å². The van der Waals surface area contributed by atoms with Crippen LogP contribution in [0.25, 0.3) is 11.5 Å². The van der Waals surface area contributed by atoms with Crippen molar-refractivity contribution >= 4 is 17.7 Å². The molecule has 0 aliphatic heterocycles. The summed E-state index contributed by atoms with van der Waals surface area (Å²) in [4.78, 5) is 12.2. The standard InChI is InChI=1S/C22H21N5O3S/c1-29-19-9-7-18(8-10-19)21-25-26-22(30-21)31-15-20(28)23-13-16-3-5-17(6-4-16)14-27-12-2-11-24-27/h2-12H,13-15H2,1H3,(H,23,28). The third-order valence-corrected chi connectivity index (χ3v) is 5.31. The van der Waals surface area contributed by atoms with Gasteiger partial charge in [0.1, 0.15) is 5.75 Å². The van der Waals surface area contributed by atoms with Crippen LogP contribution in [-0.2, 0) is 17.9 Å². The van der Waals surface area contributed by atoms with E-state index in [1.807, 2.05) is 65.5 Å². The van der Waals surface area contributed by atoms with Crippen LogP contribution in [0.15, 0.2) is 76.6 Å². The lowest BCUT2D eigenvalue weighted by atomic mass is 10.1. The Morgan fingerprint density at radius 2 is 1.87 bits per heavy atom. The molecule has 0 saturated carbocycles. The molecule has 1 N–H and O–H groups in total. The highest BCUT2D eigenvalue weighted by Crippen LogP contribution is 2.24. The maximum Gasteiger partial charge on any atom is 0.277 e. The Morgan fingerprint density at radius 3 is 2.58 bits per heavy atom. The van der Waals surface area contributed by atoms with E-state index in [2.05, 4.69) is 20.6 Å². The minimum absolute atomic E-state index is 0.102. The molecule has 0 spiro atoms. The van der Waals surface area contributed by atoms with Crippen molar-refractivity contribution in [1.82, 2.24) is 25.3 Å². The Bertz CT molecular complexity index is 1110. The highest BCUT2D eigenvalue weighted by Gasteiger charge is 2.11. The van der Waals surface area contributed by atoms with Gasteiger partial charge in [-0.15, -0.1) is 10.2 Å². The molecule has 9 heteroatoms. The summed E-state index contributed by atoms with van der Waals surface area (Å²) in [5.41, 5.74) is 2.97. The van der Waals surface area contributed by atoms with Crippen LogP contribution in [-0.4, -0.2) is 38.7 Å². The molecule has 31 heavy (non-hydrogen) atoms. The molecular formula is C22H21N5O3S. The predicted octanol–water partition coefficient (Wildman–Crippen LogP) is 3.40. The fourth-order valence-corrected chi connectivity index (χ4v) is 3.43. The zero-order valence-corrected chi connectivity index (χ0v) is 17.7. The molecule has 2 aromatic heterocycles. The molecule has 0 fully saturated rings. The van der Waals surface area contributed by atoms with Crippen molar-refractivity contribution in [3.8, 4) is 17.2 Å². The Balaban J connectivity index is 1.22. The maximum absolute atomic E-state index is 12.2. The average molecular weight is 436 g/mol. The minimum atomic E-state index is -0.102. The van der Waals surface area contributed by atoms with E-state index in [1.165, 1.54) is 11.8 Å². The van der Waals surface area contributed by atoms with Crippen molar-refractivity contribution in [3.05, 3.63) is 78.1 Å². The number of hydrogen-bond donors (Lipinski definition) is 1.